The second-order valence-electron chi connectivity index (χ2n) is 4.35. The fourth-order valence-electron chi connectivity index (χ4n) is 2.41. The summed E-state index contributed by atoms with van der Waals surface area (Å²) in [6.45, 7) is 2.25. The van der Waals surface area contributed by atoms with Gasteiger partial charge in [0.15, 0.2) is 0 Å². The van der Waals surface area contributed by atoms with E-state index in [1.54, 1.807) is 0 Å². The number of carbonyl (C=O) groups is 1. The van der Waals surface area contributed by atoms with Gasteiger partial charge in [0.1, 0.15) is 6.29 Å². The summed E-state index contributed by atoms with van der Waals surface area (Å²) in [7, 11) is 2.15. The monoisotopic (exact) mass is 203 g/mol. The number of rotatable bonds is 2. The molecule has 2 nitrogen and oxygen atoms in total. The van der Waals surface area contributed by atoms with Gasteiger partial charge < -0.3 is 4.90 Å². The molecule has 0 N–H and O–H groups in total. The van der Waals surface area contributed by atoms with Crippen LogP contribution >= 0.6 is 0 Å². The molecule has 1 atom stereocenters. The highest BCUT2D eigenvalue weighted by Gasteiger charge is 2.20. The lowest BCUT2D eigenvalue weighted by molar-refractivity contribution is 0.112. The third-order valence-electron chi connectivity index (χ3n) is 3.19. The van der Waals surface area contributed by atoms with Gasteiger partial charge in [0, 0.05) is 12.1 Å². The first-order valence-corrected chi connectivity index (χ1v) is 5.54. The lowest BCUT2D eigenvalue weighted by Gasteiger charge is -2.30. The van der Waals surface area contributed by atoms with Crippen LogP contribution in [0.1, 0.15) is 34.7 Å². The molecule has 15 heavy (non-hydrogen) atoms. The van der Waals surface area contributed by atoms with Crippen molar-refractivity contribution in [3.8, 4) is 0 Å². The van der Waals surface area contributed by atoms with Gasteiger partial charge in [-0.05, 0) is 37.9 Å². The topological polar surface area (TPSA) is 20.3 Å². The van der Waals surface area contributed by atoms with Crippen molar-refractivity contribution in [2.75, 3.05) is 20.1 Å². The quantitative estimate of drug-likeness (QED) is 0.687. The third-order valence-corrected chi connectivity index (χ3v) is 3.19. The molecule has 1 unspecified atom stereocenters. The fourth-order valence-corrected chi connectivity index (χ4v) is 2.41. The number of hydrogen-bond acceptors (Lipinski definition) is 2. The van der Waals surface area contributed by atoms with Crippen LogP contribution in [0.25, 0.3) is 0 Å². The Morgan fingerprint density at radius 1 is 1.40 bits per heavy atom. The van der Waals surface area contributed by atoms with Gasteiger partial charge in [0.05, 0.1) is 0 Å². The lowest BCUT2D eigenvalue weighted by Crippen LogP contribution is -2.31. The Kier molecular flexibility index (Phi) is 3.17. The number of likely N-dealkylation sites (tertiary alicyclic amines) is 1. The molecule has 0 aliphatic carbocycles. The molecular formula is C13H17NO. The van der Waals surface area contributed by atoms with E-state index in [0.29, 0.717) is 5.92 Å². The zero-order valence-corrected chi connectivity index (χ0v) is 9.15. The highest BCUT2D eigenvalue weighted by Crippen LogP contribution is 2.27. The molecule has 2 heteroatoms. The van der Waals surface area contributed by atoms with Crippen molar-refractivity contribution >= 4 is 6.29 Å². The van der Waals surface area contributed by atoms with Gasteiger partial charge in [-0.2, -0.15) is 0 Å². The van der Waals surface area contributed by atoms with Crippen LogP contribution in [0.4, 0.5) is 0 Å². The predicted molar refractivity (Wildman–Crippen MR) is 61.3 cm³/mol. The predicted octanol–water partition coefficient (Wildman–Crippen LogP) is 2.31. The average Bonchev–Trinajstić information content (AvgIpc) is 2.29. The Bertz CT molecular complexity index is 348. The van der Waals surface area contributed by atoms with Crippen LogP contribution in [0.5, 0.6) is 0 Å². The zero-order valence-electron chi connectivity index (χ0n) is 9.15. The Morgan fingerprint density at radius 3 is 2.93 bits per heavy atom. The number of piperidine rings is 1. The zero-order chi connectivity index (χ0) is 10.7. The van der Waals surface area contributed by atoms with Gasteiger partial charge in [0.2, 0.25) is 0 Å². The Hall–Kier alpha value is -1.15. The number of aldehydes is 1. The van der Waals surface area contributed by atoms with Crippen LogP contribution in [0.15, 0.2) is 24.3 Å². The van der Waals surface area contributed by atoms with Crippen molar-refractivity contribution < 1.29 is 4.79 Å². The van der Waals surface area contributed by atoms with E-state index in [0.717, 1.165) is 18.4 Å². The van der Waals surface area contributed by atoms with Crippen molar-refractivity contribution in [1.29, 1.82) is 0 Å². The Morgan fingerprint density at radius 2 is 2.20 bits per heavy atom. The van der Waals surface area contributed by atoms with Crippen molar-refractivity contribution in [2.24, 2.45) is 0 Å². The molecule has 80 valence electrons. The largest absolute Gasteiger partial charge is 0.306 e. The molecule has 0 aromatic heterocycles. The molecule has 0 amide bonds. The van der Waals surface area contributed by atoms with Crippen molar-refractivity contribution in [1.82, 2.24) is 4.90 Å². The first-order valence-electron chi connectivity index (χ1n) is 5.54. The fraction of sp³-hybridized carbons (Fsp3) is 0.462. The van der Waals surface area contributed by atoms with Gasteiger partial charge in [0.25, 0.3) is 0 Å². The molecule has 1 heterocycles. The molecule has 1 aromatic carbocycles. The molecule has 1 aliphatic heterocycles. The molecule has 1 saturated heterocycles. The number of likely N-dealkylation sites (N-methyl/N-ethyl adjacent to an activating group) is 1. The van der Waals surface area contributed by atoms with E-state index in [1.807, 2.05) is 18.2 Å². The summed E-state index contributed by atoms with van der Waals surface area (Å²) in [5.41, 5.74) is 2.08. The Balaban J connectivity index is 2.24. The summed E-state index contributed by atoms with van der Waals surface area (Å²) < 4.78 is 0. The lowest BCUT2D eigenvalue weighted by atomic mass is 9.88. The molecule has 1 aliphatic rings. The van der Waals surface area contributed by atoms with Crippen LogP contribution in [-0.4, -0.2) is 31.3 Å². The molecular weight excluding hydrogens is 186 g/mol. The molecule has 1 fully saturated rings. The van der Waals surface area contributed by atoms with Crippen LogP contribution in [-0.2, 0) is 0 Å². The summed E-state index contributed by atoms with van der Waals surface area (Å²) in [4.78, 5) is 13.3. The van der Waals surface area contributed by atoms with Crippen LogP contribution in [0.3, 0.4) is 0 Å². The normalized spacial score (nSPS) is 22.6. The summed E-state index contributed by atoms with van der Waals surface area (Å²) in [5, 5.41) is 0. The van der Waals surface area contributed by atoms with Crippen molar-refractivity contribution in [2.45, 2.75) is 18.8 Å². The van der Waals surface area contributed by atoms with E-state index in [9.17, 15) is 4.79 Å². The number of nitrogens with zero attached hydrogens (tertiary/aromatic N) is 1. The van der Waals surface area contributed by atoms with Gasteiger partial charge in [-0.3, -0.25) is 4.79 Å². The van der Waals surface area contributed by atoms with E-state index in [-0.39, 0.29) is 0 Å². The first-order chi connectivity index (χ1) is 7.31. The van der Waals surface area contributed by atoms with Crippen LogP contribution in [0.2, 0.25) is 0 Å². The van der Waals surface area contributed by atoms with Gasteiger partial charge in [-0.25, -0.2) is 0 Å². The third kappa shape index (κ3) is 2.26. The maximum Gasteiger partial charge on any atom is 0.150 e. The van der Waals surface area contributed by atoms with E-state index >= 15 is 0 Å². The van der Waals surface area contributed by atoms with Crippen LogP contribution < -0.4 is 0 Å². The van der Waals surface area contributed by atoms with Crippen molar-refractivity contribution in [3.05, 3.63) is 35.4 Å². The Labute approximate surface area is 90.9 Å². The molecule has 2 rings (SSSR count). The SMILES string of the molecule is CN1CCCC(c2ccccc2C=O)C1. The van der Waals surface area contributed by atoms with E-state index in [4.69, 9.17) is 0 Å². The van der Waals surface area contributed by atoms with Gasteiger partial charge in [-0.15, -0.1) is 0 Å². The maximum absolute atomic E-state index is 10.9. The molecule has 0 saturated carbocycles. The van der Waals surface area contributed by atoms with E-state index < -0.39 is 0 Å². The summed E-state index contributed by atoms with van der Waals surface area (Å²) in [6.07, 6.45) is 3.41. The molecule has 0 spiro atoms. The standard InChI is InChI=1S/C13H17NO/c1-14-8-4-6-11(9-14)13-7-3-2-5-12(13)10-15/h2-3,5,7,10-11H,4,6,8-9H2,1H3. The number of benzene rings is 1. The van der Waals surface area contributed by atoms with Gasteiger partial charge >= 0.3 is 0 Å². The minimum atomic E-state index is 0.533. The number of hydrogen-bond donors (Lipinski definition) is 0. The van der Waals surface area contributed by atoms with Crippen LogP contribution in [0, 0.1) is 0 Å². The van der Waals surface area contributed by atoms with Gasteiger partial charge in [-0.1, -0.05) is 24.3 Å². The summed E-state index contributed by atoms with van der Waals surface area (Å²) in [5.74, 6) is 0.533. The van der Waals surface area contributed by atoms with Crippen molar-refractivity contribution in [3.63, 3.8) is 0 Å². The summed E-state index contributed by atoms with van der Waals surface area (Å²) >= 11 is 0. The van der Waals surface area contributed by atoms with E-state index in [2.05, 4.69) is 18.0 Å². The minimum Gasteiger partial charge on any atom is -0.306 e. The second-order valence-corrected chi connectivity index (χ2v) is 4.35. The maximum atomic E-state index is 10.9. The first kappa shape index (κ1) is 10.4. The second kappa shape index (κ2) is 4.58. The van der Waals surface area contributed by atoms with E-state index in [1.165, 1.54) is 24.9 Å². The highest BCUT2D eigenvalue weighted by molar-refractivity contribution is 5.77. The smallest absolute Gasteiger partial charge is 0.150 e. The summed E-state index contributed by atoms with van der Waals surface area (Å²) in [6, 6.07) is 7.96. The molecule has 0 radical (unpaired) electrons. The average molecular weight is 203 g/mol. The molecule has 1 aromatic rings. The number of carbonyl (C=O) groups excluding carboxylic acids is 1. The minimum absolute atomic E-state index is 0.533. The highest BCUT2D eigenvalue weighted by atomic mass is 16.1. The molecule has 0 bridgehead atoms.